The molecule has 0 unspecified atom stereocenters. The Morgan fingerprint density at radius 2 is 1.56 bits per heavy atom. The second-order valence-corrected chi connectivity index (χ2v) is 5.11. The lowest BCUT2D eigenvalue weighted by Crippen LogP contribution is -2.46. The zero-order valence-corrected chi connectivity index (χ0v) is 12.3. The molecular formula is C14H31N3O. The number of hydrogen-bond donors (Lipinski definition) is 1. The van der Waals surface area contributed by atoms with Crippen molar-refractivity contribution in [2.24, 2.45) is 0 Å². The van der Waals surface area contributed by atoms with E-state index in [1.807, 2.05) is 7.05 Å². The number of nitrogens with zero attached hydrogens (tertiary/aromatic N) is 2. The van der Waals surface area contributed by atoms with Gasteiger partial charge in [0.05, 0.1) is 0 Å². The molecule has 1 N–H and O–H groups in total. The van der Waals surface area contributed by atoms with Gasteiger partial charge < -0.3 is 19.9 Å². The normalized spacial score (nSPS) is 18.3. The van der Waals surface area contributed by atoms with Gasteiger partial charge in [-0.1, -0.05) is 6.92 Å². The minimum atomic E-state index is 0.894. The van der Waals surface area contributed by atoms with Crippen molar-refractivity contribution in [2.75, 3.05) is 66.1 Å². The molecule has 1 fully saturated rings. The molecule has 0 saturated carbocycles. The van der Waals surface area contributed by atoms with Crippen LogP contribution in [0.5, 0.6) is 0 Å². The molecule has 1 heterocycles. The topological polar surface area (TPSA) is 27.7 Å². The first-order valence-corrected chi connectivity index (χ1v) is 7.54. The van der Waals surface area contributed by atoms with Gasteiger partial charge in [-0.2, -0.15) is 0 Å². The highest BCUT2D eigenvalue weighted by Crippen LogP contribution is 2.03. The smallest absolute Gasteiger partial charge is 0.0478 e. The summed E-state index contributed by atoms with van der Waals surface area (Å²) in [4.78, 5) is 5.15. The molecule has 0 spiro atoms. The van der Waals surface area contributed by atoms with Crippen LogP contribution >= 0.6 is 0 Å². The number of nitrogens with one attached hydrogen (secondary N) is 1. The van der Waals surface area contributed by atoms with Gasteiger partial charge in [-0.05, 0) is 39.4 Å². The standard InChI is InChI=1S/C14H31N3O/c1-3-7-16-9-11-17(12-10-16)8-5-14-18-13-4-6-15-2/h15H,3-14H2,1-2H3. The van der Waals surface area contributed by atoms with Crippen LogP contribution in [-0.4, -0.2) is 75.9 Å². The summed E-state index contributed by atoms with van der Waals surface area (Å²) in [7, 11) is 1.98. The fraction of sp³-hybridized carbons (Fsp3) is 1.00. The fourth-order valence-electron chi connectivity index (χ4n) is 2.40. The van der Waals surface area contributed by atoms with Crippen LogP contribution in [0.1, 0.15) is 26.2 Å². The van der Waals surface area contributed by atoms with Gasteiger partial charge in [0.2, 0.25) is 0 Å². The Morgan fingerprint density at radius 3 is 2.17 bits per heavy atom. The molecule has 0 aromatic carbocycles. The first-order chi connectivity index (χ1) is 8.86. The summed E-state index contributed by atoms with van der Waals surface area (Å²) >= 11 is 0. The van der Waals surface area contributed by atoms with E-state index < -0.39 is 0 Å². The van der Waals surface area contributed by atoms with E-state index in [0.29, 0.717) is 0 Å². The quantitative estimate of drug-likeness (QED) is 0.592. The van der Waals surface area contributed by atoms with E-state index in [2.05, 4.69) is 22.0 Å². The van der Waals surface area contributed by atoms with Gasteiger partial charge in [-0.25, -0.2) is 0 Å². The molecule has 1 rings (SSSR count). The van der Waals surface area contributed by atoms with Crippen molar-refractivity contribution in [3.63, 3.8) is 0 Å². The minimum absolute atomic E-state index is 0.894. The van der Waals surface area contributed by atoms with Crippen molar-refractivity contribution >= 4 is 0 Å². The number of hydrogen-bond acceptors (Lipinski definition) is 4. The minimum Gasteiger partial charge on any atom is -0.381 e. The lowest BCUT2D eigenvalue weighted by atomic mass is 10.3. The van der Waals surface area contributed by atoms with E-state index in [1.165, 1.54) is 52.1 Å². The SMILES string of the molecule is CCCN1CCN(CCCOCCCNC)CC1. The van der Waals surface area contributed by atoms with Crippen molar-refractivity contribution in [1.82, 2.24) is 15.1 Å². The Labute approximate surface area is 113 Å². The zero-order chi connectivity index (χ0) is 13.1. The predicted molar refractivity (Wildman–Crippen MR) is 77.2 cm³/mol. The van der Waals surface area contributed by atoms with Gasteiger partial charge in [0.15, 0.2) is 0 Å². The lowest BCUT2D eigenvalue weighted by Gasteiger charge is -2.34. The van der Waals surface area contributed by atoms with E-state index in [1.54, 1.807) is 0 Å². The lowest BCUT2D eigenvalue weighted by molar-refractivity contribution is 0.0982. The molecule has 0 amide bonds. The van der Waals surface area contributed by atoms with E-state index >= 15 is 0 Å². The van der Waals surface area contributed by atoms with Crippen LogP contribution in [0.25, 0.3) is 0 Å². The van der Waals surface area contributed by atoms with Gasteiger partial charge in [0.25, 0.3) is 0 Å². The average molecular weight is 257 g/mol. The summed E-state index contributed by atoms with van der Waals surface area (Å²) in [6.07, 6.45) is 3.57. The maximum atomic E-state index is 5.61. The summed E-state index contributed by atoms with van der Waals surface area (Å²) < 4.78 is 5.61. The van der Waals surface area contributed by atoms with Gasteiger partial charge in [0, 0.05) is 45.9 Å². The third kappa shape index (κ3) is 7.31. The van der Waals surface area contributed by atoms with Crippen LogP contribution in [0.4, 0.5) is 0 Å². The molecule has 0 radical (unpaired) electrons. The largest absolute Gasteiger partial charge is 0.381 e. The molecule has 1 aliphatic rings. The van der Waals surface area contributed by atoms with Crippen LogP contribution in [-0.2, 0) is 4.74 Å². The number of piperazine rings is 1. The molecule has 1 aliphatic heterocycles. The van der Waals surface area contributed by atoms with Crippen molar-refractivity contribution in [3.8, 4) is 0 Å². The summed E-state index contributed by atoms with van der Waals surface area (Å²) in [5.74, 6) is 0. The molecule has 0 aliphatic carbocycles. The summed E-state index contributed by atoms with van der Waals surface area (Å²) in [6, 6.07) is 0. The molecule has 0 bridgehead atoms. The van der Waals surface area contributed by atoms with Crippen LogP contribution in [0.15, 0.2) is 0 Å². The molecule has 108 valence electrons. The summed E-state index contributed by atoms with van der Waals surface area (Å²) in [6.45, 7) is 12.6. The van der Waals surface area contributed by atoms with Crippen LogP contribution in [0.3, 0.4) is 0 Å². The molecule has 18 heavy (non-hydrogen) atoms. The van der Waals surface area contributed by atoms with Gasteiger partial charge in [-0.3, -0.25) is 0 Å². The highest BCUT2D eigenvalue weighted by molar-refractivity contribution is 4.71. The maximum Gasteiger partial charge on any atom is 0.0478 e. The van der Waals surface area contributed by atoms with E-state index in [4.69, 9.17) is 4.74 Å². The molecule has 0 atom stereocenters. The Kier molecular flexibility index (Phi) is 9.48. The third-order valence-electron chi connectivity index (χ3n) is 3.48. The Morgan fingerprint density at radius 1 is 0.944 bits per heavy atom. The highest BCUT2D eigenvalue weighted by atomic mass is 16.5. The molecule has 0 aromatic rings. The van der Waals surface area contributed by atoms with Crippen molar-refractivity contribution in [2.45, 2.75) is 26.2 Å². The first kappa shape index (κ1) is 15.9. The maximum absolute atomic E-state index is 5.61. The van der Waals surface area contributed by atoms with Crippen molar-refractivity contribution in [3.05, 3.63) is 0 Å². The second kappa shape index (κ2) is 10.7. The first-order valence-electron chi connectivity index (χ1n) is 7.54. The van der Waals surface area contributed by atoms with Gasteiger partial charge in [-0.15, -0.1) is 0 Å². The highest BCUT2D eigenvalue weighted by Gasteiger charge is 2.14. The second-order valence-electron chi connectivity index (χ2n) is 5.11. The van der Waals surface area contributed by atoms with E-state index in [0.717, 1.165) is 26.2 Å². The van der Waals surface area contributed by atoms with Crippen molar-refractivity contribution in [1.29, 1.82) is 0 Å². The number of ether oxygens (including phenoxy) is 1. The van der Waals surface area contributed by atoms with Crippen LogP contribution < -0.4 is 5.32 Å². The predicted octanol–water partition coefficient (Wildman–Crippen LogP) is 1.03. The van der Waals surface area contributed by atoms with E-state index in [-0.39, 0.29) is 0 Å². The Bertz CT molecular complexity index is 182. The van der Waals surface area contributed by atoms with Gasteiger partial charge >= 0.3 is 0 Å². The van der Waals surface area contributed by atoms with Crippen molar-refractivity contribution < 1.29 is 4.74 Å². The summed E-state index contributed by atoms with van der Waals surface area (Å²) in [5.41, 5.74) is 0. The Hall–Kier alpha value is -0.160. The Balaban J connectivity index is 1.88. The molecule has 4 nitrogen and oxygen atoms in total. The molecule has 1 saturated heterocycles. The van der Waals surface area contributed by atoms with Crippen LogP contribution in [0.2, 0.25) is 0 Å². The summed E-state index contributed by atoms with van der Waals surface area (Å²) in [5, 5.41) is 3.13. The van der Waals surface area contributed by atoms with Crippen LogP contribution in [0, 0.1) is 0 Å². The van der Waals surface area contributed by atoms with Gasteiger partial charge in [0.1, 0.15) is 0 Å². The third-order valence-corrected chi connectivity index (χ3v) is 3.48. The molecular weight excluding hydrogens is 226 g/mol. The molecule has 4 heteroatoms. The molecule has 0 aromatic heterocycles. The average Bonchev–Trinajstić information content (AvgIpc) is 2.40. The van der Waals surface area contributed by atoms with E-state index in [9.17, 15) is 0 Å². The number of rotatable bonds is 10. The zero-order valence-electron chi connectivity index (χ0n) is 12.3. The monoisotopic (exact) mass is 257 g/mol. The fourth-order valence-corrected chi connectivity index (χ4v) is 2.40.